The van der Waals surface area contributed by atoms with Gasteiger partial charge in [-0.1, -0.05) is 17.7 Å². The second-order valence-electron chi connectivity index (χ2n) is 5.39. The average molecular weight is 319 g/mol. The van der Waals surface area contributed by atoms with Gasteiger partial charge in [0.15, 0.2) is 5.82 Å². The Kier molecular flexibility index (Phi) is 4.43. The van der Waals surface area contributed by atoms with Gasteiger partial charge in [0, 0.05) is 17.4 Å². The molecule has 3 aromatic rings. The number of nitrogens with one attached hydrogen (secondary N) is 2. The number of phenols is 1. The highest BCUT2D eigenvalue weighted by Crippen LogP contribution is 2.24. The fourth-order valence-electron chi connectivity index (χ4n) is 2.19. The Morgan fingerprint density at radius 3 is 2.42 bits per heavy atom. The summed E-state index contributed by atoms with van der Waals surface area (Å²) in [7, 11) is 0. The summed E-state index contributed by atoms with van der Waals surface area (Å²) in [4.78, 5) is 16.6. The number of anilines is 3. The number of nitrogens with zero attached hydrogens (tertiary/aromatic N) is 1. The Bertz CT molecular complexity index is 843. The van der Waals surface area contributed by atoms with Crippen molar-refractivity contribution >= 4 is 23.1 Å². The zero-order chi connectivity index (χ0) is 16.9. The molecular formula is C19H17N3O2. The maximum atomic E-state index is 12.4. The topological polar surface area (TPSA) is 74.2 Å². The van der Waals surface area contributed by atoms with Crippen molar-refractivity contribution in [2.45, 2.75) is 6.92 Å². The lowest BCUT2D eigenvalue weighted by atomic mass is 10.1. The predicted molar refractivity (Wildman–Crippen MR) is 94.8 cm³/mol. The Hall–Kier alpha value is -3.34. The minimum absolute atomic E-state index is 0.189. The van der Waals surface area contributed by atoms with Crippen LogP contribution in [0.4, 0.5) is 17.2 Å². The Balaban J connectivity index is 1.79. The average Bonchev–Trinajstić information content (AvgIpc) is 2.59. The Labute approximate surface area is 140 Å². The summed E-state index contributed by atoms with van der Waals surface area (Å²) < 4.78 is 0. The van der Waals surface area contributed by atoms with Gasteiger partial charge < -0.3 is 15.7 Å². The van der Waals surface area contributed by atoms with Crippen molar-refractivity contribution in [2.24, 2.45) is 0 Å². The number of pyridine rings is 1. The summed E-state index contributed by atoms with van der Waals surface area (Å²) in [5.74, 6) is 0.523. The monoisotopic (exact) mass is 319 g/mol. The zero-order valence-electron chi connectivity index (χ0n) is 13.2. The number of aromatic nitrogens is 1. The van der Waals surface area contributed by atoms with Crippen molar-refractivity contribution in [2.75, 3.05) is 10.6 Å². The lowest BCUT2D eigenvalue weighted by molar-refractivity contribution is 0.102. The van der Waals surface area contributed by atoms with Gasteiger partial charge in [0.2, 0.25) is 0 Å². The summed E-state index contributed by atoms with van der Waals surface area (Å²) in [6, 6.07) is 17.5. The quantitative estimate of drug-likeness (QED) is 0.633. The number of hydrogen-bond donors (Lipinski definition) is 3. The van der Waals surface area contributed by atoms with Gasteiger partial charge in [0.25, 0.3) is 5.91 Å². The van der Waals surface area contributed by atoms with Crippen molar-refractivity contribution in [1.29, 1.82) is 0 Å². The molecule has 0 spiro atoms. The number of benzene rings is 2. The molecule has 0 bridgehead atoms. The molecule has 1 heterocycles. The van der Waals surface area contributed by atoms with Gasteiger partial charge >= 0.3 is 0 Å². The van der Waals surface area contributed by atoms with E-state index in [9.17, 15) is 9.90 Å². The summed E-state index contributed by atoms with van der Waals surface area (Å²) in [6.07, 6.45) is 1.64. The highest BCUT2D eigenvalue weighted by molar-refractivity contribution is 6.05. The van der Waals surface area contributed by atoms with E-state index in [1.54, 1.807) is 54.7 Å². The van der Waals surface area contributed by atoms with Crippen LogP contribution in [0.3, 0.4) is 0 Å². The number of aryl methyl sites for hydroxylation is 1. The molecule has 3 N–H and O–H groups in total. The molecule has 0 unspecified atom stereocenters. The van der Waals surface area contributed by atoms with Crippen LogP contribution in [0.5, 0.6) is 5.75 Å². The van der Waals surface area contributed by atoms with Crippen molar-refractivity contribution in [3.63, 3.8) is 0 Å². The molecular weight excluding hydrogens is 302 g/mol. The summed E-state index contributed by atoms with van der Waals surface area (Å²) in [5.41, 5.74) is 3.02. The first-order chi connectivity index (χ1) is 11.6. The van der Waals surface area contributed by atoms with Crippen molar-refractivity contribution in [1.82, 2.24) is 4.98 Å². The summed E-state index contributed by atoms with van der Waals surface area (Å²) in [5, 5.41) is 15.3. The first-order valence-electron chi connectivity index (χ1n) is 7.51. The molecule has 5 nitrogen and oxygen atoms in total. The second kappa shape index (κ2) is 6.83. The fraction of sp³-hybridized carbons (Fsp3) is 0.0526. The largest absolute Gasteiger partial charge is 0.508 e. The molecule has 0 fully saturated rings. The molecule has 1 aromatic heterocycles. The minimum atomic E-state index is -0.197. The van der Waals surface area contributed by atoms with E-state index in [0.29, 0.717) is 17.1 Å². The van der Waals surface area contributed by atoms with E-state index in [1.165, 1.54) is 0 Å². The first-order valence-corrected chi connectivity index (χ1v) is 7.51. The van der Waals surface area contributed by atoms with Crippen LogP contribution in [-0.4, -0.2) is 16.0 Å². The number of phenolic OH excluding ortho intramolecular Hbond substituents is 1. The molecule has 3 rings (SSSR count). The van der Waals surface area contributed by atoms with Crippen LogP contribution in [0.25, 0.3) is 0 Å². The predicted octanol–water partition coefficient (Wildman–Crippen LogP) is 4.09. The van der Waals surface area contributed by atoms with Gasteiger partial charge in [-0.15, -0.1) is 0 Å². The third-order valence-corrected chi connectivity index (χ3v) is 3.50. The van der Waals surface area contributed by atoms with E-state index >= 15 is 0 Å². The van der Waals surface area contributed by atoms with Crippen LogP contribution in [-0.2, 0) is 0 Å². The van der Waals surface area contributed by atoms with Gasteiger partial charge in [0.1, 0.15) is 5.75 Å². The van der Waals surface area contributed by atoms with Crippen LogP contribution in [0, 0.1) is 6.92 Å². The second-order valence-corrected chi connectivity index (χ2v) is 5.39. The first kappa shape index (κ1) is 15.6. The van der Waals surface area contributed by atoms with Crippen molar-refractivity contribution in [3.05, 3.63) is 78.0 Å². The number of carbonyl (C=O) groups excluding carboxylic acids is 1. The minimum Gasteiger partial charge on any atom is -0.508 e. The van der Waals surface area contributed by atoms with E-state index in [4.69, 9.17) is 0 Å². The molecule has 0 atom stereocenters. The van der Waals surface area contributed by atoms with Crippen molar-refractivity contribution < 1.29 is 9.90 Å². The molecule has 0 aliphatic heterocycles. The van der Waals surface area contributed by atoms with Crippen LogP contribution in [0.15, 0.2) is 66.9 Å². The fourth-order valence-corrected chi connectivity index (χ4v) is 2.19. The molecule has 2 aromatic carbocycles. The molecule has 0 radical (unpaired) electrons. The highest BCUT2D eigenvalue weighted by atomic mass is 16.3. The van der Waals surface area contributed by atoms with E-state index in [-0.39, 0.29) is 11.7 Å². The number of rotatable bonds is 4. The maximum Gasteiger partial charge on any atom is 0.255 e. The van der Waals surface area contributed by atoms with E-state index < -0.39 is 0 Å². The van der Waals surface area contributed by atoms with Gasteiger partial charge in [-0.3, -0.25) is 4.79 Å². The van der Waals surface area contributed by atoms with Crippen LogP contribution in [0.2, 0.25) is 0 Å². The van der Waals surface area contributed by atoms with Gasteiger partial charge in [-0.05, 0) is 55.5 Å². The molecule has 0 saturated carbocycles. The lowest BCUT2D eigenvalue weighted by Gasteiger charge is -2.12. The van der Waals surface area contributed by atoms with Gasteiger partial charge in [0.05, 0.1) is 5.69 Å². The Morgan fingerprint density at radius 1 is 1.00 bits per heavy atom. The molecule has 0 aliphatic rings. The lowest BCUT2D eigenvalue weighted by Crippen LogP contribution is -2.13. The molecule has 5 heteroatoms. The molecule has 0 saturated heterocycles. The smallest absolute Gasteiger partial charge is 0.255 e. The third-order valence-electron chi connectivity index (χ3n) is 3.50. The van der Waals surface area contributed by atoms with E-state index in [2.05, 4.69) is 15.6 Å². The molecule has 1 amide bonds. The van der Waals surface area contributed by atoms with Crippen molar-refractivity contribution in [3.8, 4) is 5.75 Å². The van der Waals surface area contributed by atoms with Crippen LogP contribution in [0.1, 0.15) is 15.9 Å². The Morgan fingerprint density at radius 2 is 1.71 bits per heavy atom. The highest BCUT2D eigenvalue weighted by Gasteiger charge is 2.10. The normalized spacial score (nSPS) is 10.2. The summed E-state index contributed by atoms with van der Waals surface area (Å²) >= 11 is 0. The van der Waals surface area contributed by atoms with Gasteiger partial charge in [-0.25, -0.2) is 4.98 Å². The number of carbonyl (C=O) groups is 1. The zero-order valence-corrected chi connectivity index (χ0v) is 13.2. The maximum absolute atomic E-state index is 12.4. The SMILES string of the molecule is Cc1ccc(C(=O)Nc2cccnc2Nc2ccc(O)cc2)cc1. The van der Waals surface area contributed by atoms with Gasteiger partial charge in [-0.2, -0.15) is 0 Å². The van der Waals surface area contributed by atoms with E-state index in [1.807, 2.05) is 19.1 Å². The van der Waals surface area contributed by atoms with E-state index in [0.717, 1.165) is 11.3 Å². The number of aromatic hydroxyl groups is 1. The third kappa shape index (κ3) is 3.70. The van der Waals surface area contributed by atoms with Crippen LogP contribution < -0.4 is 10.6 Å². The molecule has 0 aliphatic carbocycles. The molecule has 120 valence electrons. The molecule has 24 heavy (non-hydrogen) atoms. The standard InChI is InChI=1S/C19H17N3O2/c1-13-4-6-14(7-5-13)19(24)22-17-3-2-12-20-18(17)21-15-8-10-16(23)11-9-15/h2-12,23H,1H3,(H,20,21)(H,22,24). The van der Waals surface area contributed by atoms with Crippen LogP contribution >= 0.6 is 0 Å². The summed E-state index contributed by atoms with van der Waals surface area (Å²) in [6.45, 7) is 1.97. The number of amides is 1. The number of hydrogen-bond acceptors (Lipinski definition) is 4.